The number of nitriles is 1. The fraction of sp³-hybridized carbons (Fsp3) is 0.588. The summed E-state index contributed by atoms with van der Waals surface area (Å²) in [6, 6.07) is 9.58. The van der Waals surface area contributed by atoms with Crippen molar-refractivity contribution < 1.29 is 5.11 Å². The zero-order valence-corrected chi connectivity index (χ0v) is 13.4. The Balaban J connectivity index is 2.44. The lowest BCUT2D eigenvalue weighted by Gasteiger charge is -2.26. The summed E-state index contributed by atoms with van der Waals surface area (Å²) in [4.78, 5) is 2.34. The summed E-state index contributed by atoms with van der Waals surface area (Å²) in [5.74, 6) is 0.277. The maximum atomic E-state index is 9.42. The Bertz CT molecular complexity index is 448. The molecule has 0 saturated carbocycles. The average Bonchev–Trinajstić information content (AvgIpc) is 2.51. The molecule has 0 radical (unpaired) electrons. The van der Waals surface area contributed by atoms with Crippen LogP contribution in [0.15, 0.2) is 24.3 Å². The molecule has 0 heterocycles. The summed E-state index contributed by atoms with van der Waals surface area (Å²) >= 11 is 0. The predicted molar refractivity (Wildman–Crippen MR) is 86.2 cm³/mol. The normalized spacial score (nSPS) is 13.9. The molecule has 0 fully saturated rings. The van der Waals surface area contributed by atoms with Gasteiger partial charge in [0.1, 0.15) is 11.3 Å². The quantitative estimate of drug-likeness (QED) is 0.733. The monoisotopic (exact) mass is 289 g/mol. The van der Waals surface area contributed by atoms with Crippen molar-refractivity contribution in [1.82, 2.24) is 10.2 Å². The van der Waals surface area contributed by atoms with Gasteiger partial charge in [0.15, 0.2) is 0 Å². The van der Waals surface area contributed by atoms with Crippen molar-refractivity contribution in [1.29, 1.82) is 5.26 Å². The maximum Gasteiger partial charge on any atom is 0.115 e. The van der Waals surface area contributed by atoms with Gasteiger partial charge in [0.2, 0.25) is 0 Å². The number of aromatic hydroxyl groups is 1. The highest BCUT2D eigenvalue weighted by atomic mass is 16.3. The molecular formula is C17H27N3O. The first-order valence-corrected chi connectivity index (χ1v) is 7.69. The second-order valence-corrected chi connectivity index (χ2v) is 5.56. The Labute approximate surface area is 128 Å². The van der Waals surface area contributed by atoms with E-state index in [2.05, 4.69) is 30.1 Å². The molecule has 0 aliphatic carbocycles. The van der Waals surface area contributed by atoms with Crippen LogP contribution in [-0.2, 0) is 6.42 Å². The van der Waals surface area contributed by atoms with Crippen LogP contribution in [0.1, 0.15) is 32.8 Å². The van der Waals surface area contributed by atoms with Crippen LogP contribution in [0.5, 0.6) is 5.75 Å². The van der Waals surface area contributed by atoms with Gasteiger partial charge < -0.3 is 10.0 Å². The minimum Gasteiger partial charge on any atom is -0.508 e. The molecule has 1 atom stereocenters. The highest BCUT2D eigenvalue weighted by Crippen LogP contribution is 2.16. The van der Waals surface area contributed by atoms with Gasteiger partial charge in [0, 0.05) is 13.1 Å². The van der Waals surface area contributed by atoms with E-state index in [0.29, 0.717) is 0 Å². The molecule has 2 N–H and O–H groups in total. The Kier molecular flexibility index (Phi) is 7.21. The number of benzene rings is 1. The smallest absolute Gasteiger partial charge is 0.115 e. The van der Waals surface area contributed by atoms with Gasteiger partial charge in [-0.05, 0) is 50.6 Å². The number of nitrogens with zero attached hydrogens (tertiary/aromatic N) is 2. The lowest BCUT2D eigenvalue weighted by atomic mass is 9.94. The second-order valence-electron chi connectivity index (χ2n) is 5.56. The van der Waals surface area contributed by atoms with Crippen LogP contribution in [0, 0.1) is 11.3 Å². The van der Waals surface area contributed by atoms with Crippen molar-refractivity contribution in [2.75, 3.05) is 26.2 Å². The molecule has 0 aliphatic heterocycles. The van der Waals surface area contributed by atoms with Gasteiger partial charge in [-0.25, -0.2) is 0 Å². The third kappa shape index (κ3) is 6.16. The number of phenolic OH excluding ortho intramolecular Hbond substituents is 1. The summed E-state index contributed by atoms with van der Waals surface area (Å²) in [6.45, 7) is 10.1. The van der Waals surface area contributed by atoms with Crippen molar-refractivity contribution in [2.24, 2.45) is 0 Å². The van der Waals surface area contributed by atoms with Gasteiger partial charge in [-0.2, -0.15) is 5.26 Å². The van der Waals surface area contributed by atoms with Crippen molar-refractivity contribution >= 4 is 0 Å². The van der Waals surface area contributed by atoms with Gasteiger partial charge in [0.05, 0.1) is 6.07 Å². The molecule has 1 unspecified atom stereocenters. The highest BCUT2D eigenvalue weighted by molar-refractivity contribution is 5.26. The summed E-state index contributed by atoms with van der Waals surface area (Å²) in [5, 5.41) is 22.1. The molecule has 1 aromatic carbocycles. The zero-order valence-electron chi connectivity index (χ0n) is 13.4. The van der Waals surface area contributed by atoms with Gasteiger partial charge in [-0.15, -0.1) is 0 Å². The fourth-order valence-electron chi connectivity index (χ4n) is 2.27. The summed E-state index contributed by atoms with van der Waals surface area (Å²) in [6.07, 6.45) is 1.58. The third-order valence-electron chi connectivity index (χ3n) is 3.93. The minimum absolute atomic E-state index is 0.277. The molecule has 21 heavy (non-hydrogen) atoms. The topological polar surface area (TPSA) is 59.3 Å². The van der Waals surface area contributed by atoms with E-state index in [4.69, 9.17) is 0 Å². The molecule has 4 nitrogen and oxygen atoms in total. The number of phenols is 1. The SMILES string of the molecule is CCN(CC)CCNC(C)(C#N)CCc1ccc(O)cc1. The molecule has 1 aromatic rings. The summed E-state index contributed by atoms with van der Waals surface area (Å²) in [5.41, 5.74) is 0.630. The van der Waals surface area contributed by atoms with E-state index in [9.17, 15) is 10.4 Å². The summed E-state index contributed by atoms with van der Waals surface area (Å²) in [7, 11) is 0. The van der Waals surface area contributed by atoms with Crippen LogP contribution < -0.4 is 5.32 Å². The molecule has 0 spiro atoms. The van der Waals surface area contributed by atoms with E-state index in [1.165, 1.54) is 0 Å². The van der Waals surface area contributed by atoms with Crippen molar-refractivity contribution in [3.8, 4) is 11.8 Å². The maximum absolute atomic E-state index is 9.42. The average molecular weight is 289 g/mol. The van der Waals surface area contributed by atoms with E-state index in [0.717, 1.165) is 44.6 Å². The number of rotatable bonds is 9. The number of hydrogen-bond acceptors (Lipinski definition) is 4. The summed E-state index contributed by atoms with van der Waals surface area (Å²) < 4.78 is 0. The van der Waals surface area contributed by atoms with Crippen LogP contribution in [0.4, 0.5) is 0 Å². The number of likely N-dealkylation sites (N-methyl/N-ethyl adjacent to an activating group) is 1. The lowest BCUT2D eigenvalue weighted by molar-refractivity contribution is 0.286. The Morgan fingerprint density at radius 1 is 1.24 bits per heavy atom. The number of aryl methyl sites for hydroxylation is 1. The van der Waals surface area contributed by atoms with Gasteiger partial charge in [-0.1, -0.05) is 26.0 Å². The van der Waals surface area contributed by atoms with E-state index in [1.807, 2.05) is 19.1 Å². The van der Waals surface area contributed by atoms with Crippen molar-refractivity contribution in [2.45, 2.75) is 39.2 Å². The van der Waals surface area contributed by atoms with E-state index in [1.54, 1.807) is 12.1 Å². The first kappa shape index (κ1) is 17.5. The highest BCUT2D eigenvalue weighted by Gasteiger charge is 2.22. The fourth-order valence-corrected chi connectivity index (χ4v) is 2.27. The lowest BCUT2D eigenvalue weighted by Crippen LogP contribution is -2.45. The molecule has 4 heteroatoms. The second kappa shape index (κ2) is 8.66. The molecule has 1 rings (SSSR count). The largest absolute Gasteiger partial charge is 0.508 e. The molecule has 0 aromatic heterocycles. The van der Waals surface area contributed by atoms with Crippen LogP contribution in [-0.4, -0.2) is 41.7 Å². The number of hydrogen-bond donors (Lipinski definition) is 2. The molecule has 116 valence electrons. The van der Waals surface area contributed by atoms with Gasteiger partial charge in [0.25, 0.3) is 0 Å². The molecule has 0 bridgehead atoms. The van der Waals surface area contributed by atoms with Gasteiger partial charge in [-0.3, -0.25) is 5.32 Å². The molecule has 0 saturated heterocycles. The Morgan fingerprint density at radius 2 is 1.86 bits per heavy atom. The zero-order chi connectivity index (χ0) is 15.7. The van der Waals surface area contributed by atoms with Crippen molar-refractivity contribution in [3.63, 3.8) is 0 Å². The standard InChI is InChI=1S/C17H27N3O/c1-4-20(5-2)13-12-19-17(3,14-18)11-10-15-6-8-16(21)9-7-15/h6-9,19,21H,4-5,10-13H2,1-3H3. The first-order valence-electron chi connectivity index (χ1n) is 7.69. The van der Waals surface area contributed by atoms with E-state index >= 15 is 0 Å². The van der Waals surface area contributed by atoms with Gasteiger partial charge >= 0.3 is 0 Å². The van der Waals surface area contributed by atoms with Crippen LogP contribution in [0.25, 0.3) is 0 Å². The van der Waals surface area contributed by atoms with Crippen LogP contribution in [0.3, 0.4) is 0 Å². The minimum atomic E-state index is -0.509. The third-order valence-corrected chi connectivity index (χ3v) is 3.93. The molecular weight excluding hydrogens is 262 g/mol. The molecule has 0 aliphatic rings. The van der Waals surface area contributed by atoms with Crippen LogP contribution >= 0.6 is 0 Å². The van der Waals surface area contributed by atoms with Crippen molar-refractivity contribution in [3.05, 3.63) is 29.8 Å². The Morgan fingerprint density at radius 3 is 2.38 bits per heavy atom. The predicted octanol–water partition coefficient (Wildman–Crippen LogP) is 2.54. The van der Waals surface area contributed by atoms with E-state index in [-0.39, 0.29) is 5.75 Å². The number of nitrogens with one attached hydrogen (secondary N) is 1. The first-order chi connectivity index (χ1) is 10.0. The van der Waals surface area contributed by atoms with Crippen LogP contribution in [0.2, 0.25) is 0 Å². The Hall–Kier alpha value is -1.57. The molecule has 0 amide bonds. The van der Waals surface area contributed by atoms with E-state index < -0.39 is 5.54 Å².